The molecular weight excluding hydrogens is 210 g/mol. The Kier molecular flexibility index (Phi) is 2.47. The maximum absolute atomic E-state index is 11.8. The highest BCUT2D eigenvalue weighted by Crippen LogP contribution is 2.07. The van der Waals surface area contributed by atoms with Crippen molar-refractivity contribution in [3.05, 3.63) is 52.0 Å². The lowest BCUT2D eigenvalue weighted by Crippen LogP contribution is -2.14. The van der Waals surface area contributed by atoms with E-state index in [9.17, 15) is 14.4 Å². The average Bonchev–Trinajstić information content (AvgIpc) is 2.81. The minimum atomic E-state index is -0.488. The molecule has 6 heteroatoms. The molecule has 0 saturated heterocycles. The first-order valence-electron chi connectivity index (χ1n) is 4.44. The molecule has 6 nitrogen and oxygen atoms in total. The molecule has 2 aromatic heterocycles. The van der Waals surface area contributed by atoms with Crippen LogP contribution in [0.5, 0.6) is 0 Å². The molecule has 0 aliphatic heterocycles. The molecule has 2 heterocycles. The number of ketones is 1. The molecule has 2 N–H and O–H groups in total. The molecule has 0 aliphatic carbocycles. The van der Waals surface area contributed by atoms with Crippen LogP contribution in [0.1, 0.15) is 26.5 Å². The number of nitrogens with one attached hydrogen (secondary N) is 2. The van der Waals surface area contributed by atoms with Gasteiger partial charge in [0, 0.05) is 35.8 Å². The lowest BCUT2D eigenvalue weighted by molar-refractivity contribution is 0.102. The van der Waals surface area contributed by atoms with E-state index in [1.807, 2.05) is 0 Å². The zero-order valence-corrected chi connectivity index (χ0v) is 8.06. The Hall–Kier alpha value is -2.50. The zero-order valence-electron chi connectivity index (χ0n) is 8.06. The van der Waals surface area contributed by atoms with Gasteiger partial charge in [-0.3, -0.25) is 14.4 Å². The highest BCUT2D eigenvalue weighted by Gasteiger charge is 2.15. The Labute approximate surface area is 89.4 Å². The smallest absolute Gasteiger partial charge is 0.248 e. The van der Waals surface area contributed by atoms with E-state index >= 15 is 0 Å². The van der Waals surface area contributed by atoms with Gasteiger partial charge in [-0.25, -0.2) is 4.98 Å². The second-order valence-corrected chi connectivity index (χ2v) is 3.05. The van der Waals surface area contributed by atoms with Crippen LogP contribution < -0.4 is 5.56 Å². The van der Waals surface area contributed by atoms with Gasteiger partial charge in [0.1, 0.15) is 0 Å². The van der Waals surface area contributed by atoms with Gasteiger partial charge < -0.3 is 9.97 Å². The average molecular weight is 217 g/mol. The molecule has 0 aromatic carbocycles. The predicted molar refractivity (Wildman–Crippen MR) is 54.5 cm³/mol. The standard InChI is InChI=1S/C10H7N3O3/c14-5-6-4-13-8(15)3-7(6)9(16)10-11-1-2-12-10/h1-5H,(H,11,12)(H,13,15). The summed E-state index contributed by atoms with van der Waals surface area (Å²) < 4.78 is 0. The molecule has 0 amide bonds. The number of pyridine rings is 1. The molecule has 0 aliphatic rings. The van der Waals surface area contributed by atoms with Gasteiger partial charge in [0.05, 0.1) is 0 Å². The van der Waals surface area contributed by atoms with Gasteiger partial charge >= 0.3 is 0 Å². The van der Waals surface area contributed by atoms with Crippen LogP contribution in [0.15, 0.2) is 29.5 Å². The number of aldehydes is 1. The first-order valence-corrected chi connectivity index (χ1v) is 4.44. The molecule has 16 heavy (non-hydrogen) atoms. The quantitative estimate of drug-likeness (QED) is 0.564. The van der Waals surface area contributed by atoms with Gasteiger partial charge in [0.15, 0.2) is 12.1 Å². The van der Waals surface area contributed by atoms with Crippen molar-refractivity contribution in [1.82, 2.24) is 15.0 Å². The van der Waals surface area contributed by atoms with Crippen molar-refractivity contribution < 1.29 is 9.59 Å². The topological polar surface area (TPSA) is 95.7 Å². The fourth-order valence-electron chi connectivity index (χ4n) is 1.29. The van der Waals surface area contributed by atoms with Gasteiger partial charge in [0.2, 0.25) is 11.3 Å². The van der Waals surface area contributed by atoms with Crippen LogP contribution in [-0.2, 0) is 0 Å². The number of aromatic nitrogens is 3. The number of hydrogen-bond acceptors (Lipinski definition) is 4. The number of carbonyl (C=O) groups is 2. The van der Waals surface area contributed by atoms with Crippen molar-refractivity contribution in [3.63, 3.8) is 0 Å². The van der Waals surface area contributed by atoms with Crippen molar-refractivity contribution >= 4 is 12.1 Å². The molecule has 0 saturated carbocycles. The molecule has 0 spiro atoms. The van der Waals surface area contributed by atoms with Gasteiger partial charge in [-0.05, 0) is 0 Å². The molecule has 0 radical (unpaired) electrons. The third kappa shape index (κ3) is 1.68. The maximum atomic E-state index is 11.8. The van der Waals surface area contributed by atoms with E-state index in [0.29, 0.717) is 6.29 Å². The minimum Gasteiger partial charge on any atom is -0.342 e. The van der Waals surface area contributed by atoms with E-state index in [1.165, 1.54) is 18.6 Å². The van der Waals surface area contributed by atoms with E-state index in [-0.39, 0.29) is 17.0 Å². The highest BCUT2D eigenvalue weighted by molar-refractivity contribution is 6.10. The van der Waals surface area contributed by atoms with Crippen LogP contribution in [0.3, 0.4) is 0 Å². The third-order valence-electron chi connectivity index (χ3n) is 2.04. The summed E-state index contributed by atoms with van der Waals surface area (Å²) in [7, 11) is 0. The fourth-order valence-corrected chi connectivity index (χ4v) is 1.29. The molecule has 0 unspecified atom stereocenters. The number of H-pyrrole nitrogens is 2. The van der Waals surface area contributed by atoms with E-state index in [2.05, 4.69) is 15.0 Å². The Morgan fingerprint density at radius 1 is 1.38 bits per heavy atom. The lowest BCUT2D eigenvalue weighted by atomic mass is 10.1. The molecule has 2 aromatic rings. The van der Waals surface area contributed by atoms with E-state index in [4.69, 9.17) is 0 Å². The van der Waals surface area contributed by atoms with E-state index < -0.39 is 11.3 Å². The monoisotopic (exact) mass is 217 g/mol. The summed E-state index contributed by atoms with van der Waals surface area (Å²) in [6.45, 7) is 0. The van der Waals surface area contributed by atoms with Crippen molar-refractivity contribution in [3.8, 4) is 0 Å². The van der Waals surface area contributed by atoms with E-state index in [0.717, 1.165) is 6.07 Å². The summed E-state index contributed by atoms with van der Waals surface area (Å²) in [6.07, 6.45) is 4.61. The van der Waals surface area contributed by atoms with Crippen molar-refractivity contribution in [2.75, 3.05) is 0 Å². The summed E-state index contributed by atoms with van der Waals surface area (Å²) in [5.74, 6) is -0.396. The van der Waals surface area contributed by atoms with Crippen LogP contribution in [0, 0.1) is 0 Å². The fraction of sp³-hybridized carbons (Fsp3) is 0. The first kappa shape index (κ1) is 10.0. The summed E-state index contributed by atoms with van der Waals surface area (Å²) >= 11 is 0. The van der Waals surface area contributed by atoms with Crippen molar-refractivity contribution in [1.29, 1.82) is 0 Å². The molecule has 80 valence electrons. The Morgan fingerprint density at radius 2 is 2.19 bits per heavy atom. The number of imidazole rings is 1. The van der Waals surface area contributed by atoms with Gasteiger partial charge in [0.25, 0.3) is 0 Å². The largest absolute Gasteiger partial charge is 0.342 e. The second-order valence-electron chi connectivity index (χ2n) is 3.05. The first-order chi connectivity index (χ1) is 7.72. The number of rotatable bonds is 3. The zero-order chi connectivity index (χ0) is 11.5. The van der Waals surface area contributed by atoms with Crippen LogP contribution in [-0.4, -0.2) is 27.0 Å². The number of carbonyl (C=O) groups excluding carboxylic acids is 2. The maximum Gasteiger partial charge on any atom is 0.248 e. The third-order valence-corrected chi connectivity index (χ3v) is 2.04. The van der Waals surface area contributed by atoms with Crippen LogP contribution in [0.4, 0.5) is 0 Å². The molecule has 0 atom stereocenters. The van der Waals surface area contributed by atoms with Crippen LogP contribution in [0.2, 0.25) is 0 Å². The number of aromatic amines is 2. The Balaban J connectivity index is 2.55. The van der Waals surface area contributed by atoms with Crippen molar-refractivity contribution in [2.45, 2.75) is 0 Å². The summed E-state index contributed by atoms with van der Waals surface area (Å²) in [5.41, 5.74) is -0.282. The van der Waals surface area contributed by atoms with Gasteiger partial charge in [-0.1, -0.05) is 0 Å². The molecule has 2 rings (SSSR count). The normalized spacial score (nSPS) is 10.0. The van der Waals surface area contributed by atoms with Gasteiger partial charge in [-0.15, -0.1) is 0 Å². The minimum absolute atomic E-state index is 0.0358. The van der Waals surface area contributed by atoms with Crippen LogP contribution >= 0.6 is 0 Å². The Bertz CT molecular complexity index is 584. The molecule has 0 fully saturated rings. The van der Waals surface area contributed by atoms with E-state index in [1.54, 1.807) is 0 Å². The Morgan fingerprint density at radius 3 is 2.81 bits per heavy atom. The molecular formula is C10H7N3O3. The summed E-state index contributed by atoms with van der Waals surface area (Å²) in [6, 6.07) is 1.08. The number of nitrogens with zero attached hydrogens (tertiary/aromatic N) is 1. The number of hydrogen-bond donors (Lipinski definition) is 2. The van der Waals surface area contributed by atoms with Crippen molar-refractivity contribution in [2.24, 2.45) is 0 Å². The highest BCUT2D eigenvalue weighted by atomic mass is 16.1. The second kappa shape index (κ2) is 3.93. The van der Waals surface area contributed by atoms with Gasteiger partial charge in [-0.2, -0.15) is 0 Å². The molecule has 0 bridgehead atoms. The SMILES string of the molecule is O=Cc1c[nH]c(=O)cc1C(=O)c1ncc[nH]1. The summed E-state index contributed by atoms with van der Waals surface area (Å²) in [4.78, 5) is 42.3. The summed E-state index contributed by atoms with van der Waals surface area (Å²) in [5, 5.41) is 0. The predicted octanol–water partition coefficient (Wildman–Crippen LogP) is 0.141. The van der Waals surface area contributed by atoms with Crippen LogP contribution in [0.25, 0.3) is 0 Å². The lowest BCUT2D eigenvalue weighted by Gasteiger charge is -1.99.